The molecule has 1 aromatic carbocycles. The predicted molar refractivity (Wildman–Crippen MR) is 81.7 cm³/mol. The molecule has 21 heavy (non-hydrogen) atoms. The molecule has 0 amide bonds. The Labute approximate surface area is 123 Å². The van der Waals surface area contributed by atoms with Crippen LogP contribution in [-0.4, -0.2) is 33.9 Å². The van der Waals surface area contributed by atoms with E-state index < -0.39 is 5.97 Å². The summed E-state index contributed by atoms with van der Waals surface area (Å²) < 4.78 is 1.65. The lowest BCUT2D eigenvalue weighted by atomic mass is 10.0. The van der Waals surface area contributed by atoms with Gasteiger partial charge in [0.2, 0.25) is 0 Å². The molecular formula is C16H19N3O2. The van der Waals surface area contributed by atoms with Gasteiger partial charge in [-0.2, -0.15) is 5.10 Å². The van der Waals surface area contributed by atoms with Gasteiger partial charge in [0.25, 0.3) is 0 Å². The second-order valence-electron chi connectivity index (χ2n) is 5.41. The fraction of sp³-hybridized carbons (Fsp3) is 0.375. The highest BCUT2D eigenvalue weighted by molar-refractivity contribution is 5.88. The van der Waals surface area contributed by atoms with E-state index in [0.29, 0.717) is 0 Å². The largest absolute Gasteiger partial charge is 0.476 e. The first kappa shape index (κ1) is 13.7. The number of para-hydroxylation sites is 1. The maximum absolute atomic E-state index is 11.1. The van der Waals surface area contributed by atoms with Crippen LogP contribution >= 0.6 is 0 Å². The van der Waals surface area contributed by atoms with Gasteiger partial charge in [-0.25, -0.2) is 4.79 Å². The number of anilines is 1. The number of aromatic nitrogens is 2. The highest BCUT2D eigenvalue weighted by Gasteiger charge is 2.19. The van der Waals surface area contributed by atoms with Crippen molar-refractivity contribution in [1.29, 1.82) is 0 Å². The Bertz CT molecular complexity index is 657. The Morgan fingerprint density at radius 1 is 1.19 bits per heavy atom. The van der Waals surface area contributed by atoms with Crippen molar-refractivity contribution in [3.8, 4) is 11.3 Å². The Balaban J connectivity index is 2.04. The molecule has 2 heterocycles. The number of benzene rings is 1. The third kappa shape index (κ3) is 2.63. The van der Waals surface area contributed by atoms with Crippen LogP contribution in [0.2, 0.25) is 0 Å². The molecule has 2 aromatic rings. The van der Waals surface area contributed by atoms with Crippen molar-refractivity contribution in [2.45, 2.75) is 19.3 Å². The first-order chi connectivity index (χ1) is 10.2. The minimum Gasteiger partial charge on any atom is -0.476 e. The molecule has 1 aliphatic rings. The van der Waals surface area contributed by atoms with Crippen molar-refractivity contribution < 1.29 is 9.90 Å². The molecule has 110 valence electrons. The van der Waals surface area contributed by atoms with E-state index in [1.54, 1.807) is 17.8 Å². The second kappa shape index (κ2) is 5.60. The molecule has 5 nitrogen and oxygen atoms in total. The number of hydrogen-bond donors (Lipinski definition) is 1. The molecule has 3 rings (SSSR count). The van der Waals surface area contributed by atoms with Crippen molar-refractivity contribution in [3.05, 3.63) is 36.0 Å². The zero-order chi connectivity index (χ0) is 14.8. The standard InChI is InChI=1S/C16H19N3O2/c1-18-15(11-13(17-18)16(20)21)12-7-3-4-8-14(12)19-9-5-2-6-10-19/h3-4,7-8,11H,2,5-6,9-10H2,1H3,(H,20,21). The number of hydrogen-bond acceptors (Lipinski definition) is 3. The topological polar surface area (TPSA) is 58.4 Å². The highest BCUT2D eigenvalue weighted by Crippen LogP contribution is 2.32. The number of aryl methyl sites for hydroxylation is 1. The molecule has 1 saturated heterocycles. The molecule has 5 heteroatoms. The summed E-state index contributed by atoms with van der Waals surface area (Å²) in [5, 5.41) is 13.2. The maximum Gasteiger partial charge on any atom is 0.356 e. The number of aromatic carboxylic acids is 1. The Morgan fingerprint density at radius 2 is 1.90 bits per heavy atom. The van der Waals surface area contributed by atoms with E-state index in [0.717, 1.165) is 30.0 Å². The van der Waals surface area contributed by atoms with Gasteiger partial charge in [0.15, 0.2) is 5.69 Å². The smallest absolute Gasteiger partial charge is 0.356 e. The Morgan fingerprint density at radius 3 is 2.57 bits per heavy atom. The van der Waals surface area contributed by atoms with E-state index >= 15 is 0 Å². The third-order valence-corrected chi connectivity index (χ3v) is 3.98. The van der Waals surface area contributed by atoms with E-state index in [-0.39, 0.29) is 5.69 Å². The summed E-state index contributed by atoms with van der Waals surface area (Å²) in [5.41, 5.74) is 3.13. The van der Waals surface area contributed by atoms with Crippen molar-refractivity contribution in [3.63, 3.8) is 0 Å². The SMILES string of the molecule is Cn1nc(C(=O)O)cc1-c1ccccc1N1CCCCC1. The van der Waals surface area contributed by atoms with Crippen molar-refractivity contribution in [2.24, 2.45) is 7.05 Å². The highest BCUT2D eigenvalue weighted by atomic mass is 16.4. The molecule has 0 aliphatic carbocycles. The van der Waals surface area contributed by atoms with E-state index in [9.17, 15) is 4.79 Å². The summed E-state index contributed by atoms with van der Waals surface area (Å²) >= 11 is 0. The van der Waals surface area contributed by atoms with Crippen LogP contribution in [0.15, 0.2) is 30.3 Å². The number of rotatable bonds is 3. The minimum absolute atomic E-state index is 0.0842. The van der Waals surface area contributed by atoms with Gasteiger partial charge in [0.05, 0.1) is 5.69 Å². The number of nitrogens with zero attached hydrogens (tertiary/aromatic N) is 3. The van der Waals surface area contributed by atoms with E-state index in [4.69, 9.17) is 5.11 Å². The Hall–Kier alpha value is -2.30. The molecule has 0 bridgehead atoms. The molecule has 1 aromatic heterocycles. The first-order valence-electron chi connectivity index (χ1n) is 7.28. The average Bonchev–Trinajstić information content (AvgIpc) is 2.90. The summed E-state index contributed by atoms with van der Waals surface area (Å²) in [4.78, 5) is 13.5. The summed E-state index contributed by atoms with van der Waals surface area (Å²) in [5.74, 6) is -0.993. The molecule has 0 atom stereocenters. The zero-order valence-corrected chi connectivity index (χ0v) is 12.1. The van der Waals surface area contributed by atoms with Gasteiger partial charge < -0.3 is 10.0 Å². The maximum atomic E-state index is 11.1. The molecule has 1 aliphatic heterocycles. The van der Waals surface area contributed by atoms with Crippen LogP contribution in [0.25, 0.3) is 11.3 Å². The van der Waals surface area contributed by atoms with Crippen molar-refractivity contribution in [2.75, 3.05) is 18.0 Å². The fourth-order valence-corrected chi connectivity index (χ4v) is 2.92. The minimum atomic E-state index is -0.993. The van der Waals surface area contributed by atoms with Crippen LogP contribution < -0.4 is 4.90 Å². The van der Waals surface area contributed by atoms with Gasteiger partial charge in [-0.15, -0.1) is 0 Å². The van der Waals surface area contributed by atoms with Crippen LogP contribution in [0.3, 0.4) is 0 Å². The van der Waals surface area contributed by atoms with Crippen molar-refractivity contribution >= 4 is 11.7 Å². The first-order valence-corrected chi connectivity index (χ1v) is 7.28. The Kier molecular flexibility index (Phi) is 3.64. The van der Waals surface area contributed by atoms with Crippen LogP contribution in [0.5, 0.6) is 0 Å². The molecular weight excluding hydrogens is 266 g/mol. The lowest BCUT2D eigenvalue weighted by molar-refractivity contribution is 0.0689. The lowest BCUT2D eigenvalue weighted by Crippen LogP contribution is -2.29. The summed E-state index contributed by atoms with van der Waals surface area (Å²) in [7, 11) is 1.79. The molecule has 0 spiro atoms. The monoisotopic (exact) mass is 285 g/mol. The van der Waals surface area contributed by atoms with Crippen LogP contribution in [0.1, 0.15) is 29.8 Å². The zero-order valence-electron chi connectivity index (χ0n) is 12.1. The number of carbonyl (C=O) groups is 1. The number of carboxylic acids is 1. The van der Waals surface area contributed by atoms with E-state index in [2.05, 4.69) is 16.1 Å². The molecule has 0 saturated carbocycles. The summed E-state index contributed by atoms with van der Waals surface area (Å²) in [6.07, 6.45) is 3.70. The summed E-state index contributed by atoms with van der Waals surface area (Å²) in [6, 6.07) is 9.80. The van der Waals surface area contributed by atoms with Crippen molar-refractivity contribution in [1.82, 2.24) is 9.78 Å². The molecule has 0 unspecified atom stereocenters. The molecule has 1 N–H and O–H groups in total. The second-order valence-corrected chi connectivity index (χ2v) is 5.41. The van der Waals surface area contributed by atoms with Gasteiger partial charge in [-0.3, -0.25) is 4.68 Å². The quantitative estimate of drug-likeness (QED) is 0.942. The predicted octanol–water partition coefficient (Wildman–Crippen LogP) is 2.78. The normalized spacial score (nSPS) is 15.2. The van der Waals surface area contributed by atoms with Gasteiger partial charge in [0, 0.05) is 31.4 Å². The van der Waals surface area contributed by atoms with E-state index in [1.807, 2.05) is 18.2 Å². The third-order valence-electron chi connectivity index (χ3n) is 3.98. The number of carboxylic acid groups (broad SMARTS) is 1. The van der Waals surface area contributed by atoms with Gasteiger partial charge >= 0.3 is 5.97 Å². The van der Waals surface area contributed by atoms with E-state index in [1.165, 1.54) is 19.3 Å². The van der Waals surface area contributed by atoms with Gasteiger partial charge in [-0.1, -0.05) is 18.2 Å². The van der Waals surface area contributed by atoms with Crippen LogP contribution in [-0.2, 0) is 7.05 Å². The van der Waals surface area contributed by atoms with Gasteiger partial charge in [-0.05, 0) is 31.4 Å². The lowest BCUT2D eigenvalue weighted by Gasteiger charge is -2.30. The average molecular weight is 285 g/mol. The molecule has 1 fully saturated rings. The number of piperidine rings is 1. The van der Waals surface area contributed by atoms with Crippen LogP contribution in [0.4, 0.5) is 5.69 Å². The molecule has 0 radical (unpaired) electrons. The van der Waals surface area contributed by atoms with Crippen LogP contribution in [0, 0.1) is 0 Å². The van der Waals surface area contributed by atoms with Gasteiger partial charge in [0.1, 0.15) is 0 Å². The summed E-state index contributed by atoms with van der Waals surface area (Å²) in [6.45, 7) is 2.11. The fourth-order valence-electron chi connectivity index (χ4n) is 2.92.